The Hall–Kier alpha value is -3.95. The molecule has 0 radical (unpaired) electrons. The number of hydrogen-bond acceptors (Lipinski definition) is 5. The molecule has 2 aromatic carbocycles. The number of nitrogens with zero attached hydrogens (tertiary/aromatic N) is 4. The number of hydrogen-bond donors (Lipinski definition) is 1. The van der Waals surface area contributed by atoms with Crippen molar-refractivity contribution < 1.29 is 23.0 Å². The number of alkyl halides is 2. The van der Waals surface area contributed by atoms with Crippen LogP contribution in [0.4, 0.5) is 8.78 Å². The molecule has 1 N–H and O–H groups in total. The number of imidazole rings is 1. The van der Waals surface area contributed by atoms with Crippen LogP contribution in [0.2, 0.25) is 0 Å². The Balaban J connectivity index is 1.80. The maximum atomic E-state index is 13.1. The van der Waals surface area contributed by atoms with Crippen molar-refractivity contribution in [3.8, 4) is 28.3 Å². The van der Waals surface area contributed by atoms with Crippen LogP contribution in [0.15, 0.2) is 49.1 Å². The molecule has 2 heterocycles. The number of halogens is 2. The second-order valence-electron chi connectivity index (χ2n) is 7.16. The highest BCUT2D eigenvalue weighted by molar-refractivity contribution is 6.00. The van der Waals surface area contributed by atoms with E-state index in [9.17, 15) is 13.6 Å². The molecule has 172 valence electrons. The topological polar surface area (TPSA) is 83.2 Å². The lowest BCUT2D eigenvalue weighted by Gasteiger charge is -2.16. The van der Waals surface area contributed by atoms with Crippen molar-refractivity contribution in [2.45, 2.75) is 27.0 Å². The molecule has 0 spiro atoms. The number of amides is 1. The van der Waals surface area contributed by atoms with E-state index >= 15 is 0 Å². The molecule has 4 aromatic rings. The summed E-state index contributed by atoms with van der Waals surface area (Å²) in [7, 11) is 1.36. The summed E-state index contributed by atoms with van der Waals surface area (Å²) in [5.74, 6) is -0.736. The van der Waals surface area contributed by atoms with Crippen LogP contribution < -0.4 is 14.8 Å². The molecule has 0 unspecified atom stereocenters. The Morgan fingerprint density at radius 1 is 1.15 bits per heavy atom. The van der Waals surface area contributed by atoms with E-state index in [0.29, 0.717) is 17.7 Å². The fraction of sp³-hybridized carbons (Fsp3) is 0.261. The first-order valence-corrected chi connectivity index (χ1v) is 10.4. The summed E-state index contributed by atoms with van der Waals surface area (Å²) in [4.78, 5) is 17.0. The zero-order valence-electron chi connectivity index (χ0n) is 18.4. The first-order valence-electron chi connectivity index (χ1n) is 10.4. The van der Waals surface area contributed by atoms with Gasteiger partial charge in [0.2, 0.25) is 0 Å². The van der Waals surface area contributed by atoms with E-state index in [0.717, 1.165) is 23.2 Å². The van der Waals surface area contributed by atoms with E-state index in [4.69, 9.17) is 4.74 Å². The maximum absolute atomic E-state index is 13.1. The quantitative estimate of drug-likeness (QED) is 0.429. The highest BCUT2D eigenvalue weighted by Gasteiger charge is 2.23. The molecular weight excluding hydrogens is 432 g/mol. The number of rotatable bonds is 8. The number of nitrogens with one attached hydrogen (secondary N) is 1. The van der Waals surface area contributed by atoms with Crippen molar-refractivity contribution in [1.82, 2.24) is 24.6 Å². The van der Waals surface area contributed by atoms with E-state index in [2.05, 4.69) is 20.1 Å². The van der Waals surface area contributed by atoms with Gasteiger partial charge in [-0.05, 0) is 31.5 Å². The minimum atomic E-state index is -3.11. The zero-order chi connectivity index (χ0) is 23.5. The number of methoxy groups -OCH3 is 1. The number of carbonyl (C=O) groups is 1. The van der Waals surface area contributed by atoms with Gasteiger partial charge in [-0.15, -0.1) is 0 Å². The number of fused-ring (bicyclic) bond motifs is 1. The molecule has 8 nitrogen and oxygen atoms in total. The van der Waals surface area contributed by atoms with E-state index in [-0.39, 0.29) is 17.1 Å². The van der Waals surface area contributed by atoms with Gasteiger partial charge in [-0.3, -0.25) is 14.0 Å². The Labute approximate surface area is 188 Å². The SMILES string of the molecule is CCNC(=O)c1c(OC)cc(-n2cnc3cc(-c4cnn(CC)c4)ccc32)cc1OC(F)F. The van der Waals surface area contributed by atoms with Crippen molar-refractivity contribution in [3.63, 3.8) is 0 Å². The van der Waals surface area contributed by atoms with Gasteiger partial charge in [-0.25, -0.2) is 4.98 Å². The summed E-state index contributed by atoms with van der Waals surface area (Å²) >= 11 is 0. The van der Waals surface area contributed by atoms with Crippen molar-refractivity contribution in [1.29, 1.82) is 0 Å². The van der Waals surface area contributed by atoms with Crippen LogP contribution in [0.3, 0.4) is 0 Å². The molecule has 33 heavy (non-hydrogen) atoms. The van der Waals surface area contributed by atoms with Crippen LogP contribution in [-0.2, 0) is 6.54 Å². The molecule has 1 amide bonds. The molecule has 0 saturated heterocycles. The highest BCUT2D eigenvalue weighted by atomic mass is 19.3. The molecule has 0 bridgehead atoms. The van der Waals surface area contributed by atoms with E-state index in [1.807, 2.05) is 36.0 Å². The van der Waals surface area contributed by atoms with Crippen molar-refractivity contribution in [2.75, 3.05) is 13.7 Å². The first-order chi connectivity index (χ1) is 15.9. The molecular formula is C23H23F2N5O3. The van der Waals surface area contributed by atoms with E-state index in [1.165, 1.54) is 13.2 Å². The fourth-order valence-corrected chi connectivity index (χ4v) is 3.62. The molecule has 2 aromatic heterocycles. The van der Waals surface area contributed by atoms with E-state index in [1.54, 1.807) is 30.1 Å². The second-order valence-corrected chi connectivity index (χ2v) is 7.16. The predicted molar refractivity (Wildman–Crippen MR) is 119 cm³/mol. The van der Waals surface area contributed by atoms with Gasteiger partial charge in [0.25, 0.3) is 5.91 Å². The number of ether oxygens (including phenoxy) is 2. The normalized spacial score (nSPS) is 11.2. The second kappa shape index (κ2) is 9.27. The smallest absolute Gasteiger partial charge is 0.387 e. The molecule has 10 heteroatoms. The van der Waals surface area contributed by atoms with Crippen LogP contribution in [0.1, 0.15) is 24.2 Å². The molecule has 4 rings (SSSR count). The van der Waals surface area contributed by atoms with Crippen LogP contribution in [-0.4, -0.2) is 45.5 Å². The molecule has 0 atom stereocenters. The Bertz CT molecular complexity index is 1300. The summed E-state index contributed by atoms with van der Waals surface area (Å²) < 4.78 is 39.8. The third-order valence-electron chi connectivity index (χ3n) is 5.17. The summed E-state index contributed by atoms with van der Waals surface area (Å²) in [5, 5.41) is 6.89. The number of benzene rings is 2. The van der Waals surface area contributed by atoms with Gasteiger partial charge in [-0.2, -0.15) is 13.9 Å². The van der Waals surface area contributed by atoms with Gasteiger partial charge < -0.3 is 14.8 Å². The zero-order valence-corrected chi connectivity index (χ0v) is 18.4. The fourth-order valence-electron chi connectivity index (χ4n) is 3.62. The molecule has 0 saturated carbocycles. The van der Waals surface area contributed by atoms with Crippen LogP contribution in [0, 0.1) is 0 Å². The Kier molecular flexibility index (Phi) is 6.25. The summed E-state index contributed by atoms with van der Waals surface area (Å²) in [6.07, 6.45) is 5.33. The minimum Gasteiger partial charge on any atom is -0.496 e. The lowest BCUT2D eigenvalue weighted by atomic mass is 10.1. The summed E-state index contributed by atoms with van der Waals surface area (Å²) in [6.45, 7) is 1.73. The molecule has 0 aliphatic carbocycles. The van der Waals surface area contributed by atoms with Crippen LogP contribution >= 0.6 is 0 Å². The average molecular weight is 455 g/mol. The van der Waals surface area contributed by atoms with Gasteiger partial charge in [0.05, 0.1) is 30.0 Å². The number of aromatic nitrogens is 4. The minimum absolute atomic E-state index is 0.0944. The summed E-state index contributed by atoms with van der Waals surface area (Å²) in [5.41, 5.74) is 3.75. The third kappa shape index (κ3) is 4.36. The van der Waals surface area contributed by atoms with Crippen LogP contribution in [0.25, 0.3) is 27.8 Å². The van der Waals surface area contributed by atoms with Crippen molar-refractivity contribution in [3.05, 3.63) is 54.6 Å². The standard InChI is InChI=1S/C23H23F2N5O3/c1-4-26-22(31)21-19(32-3)9-16(10-20(21)33-23(24)25)30-13-27-17-8-14(6-7-18(17)30)15-11-28-29(5-2)12-15/h6-13,23H,4-5H2,1-3H3,(H,26,31). The highest BCUT2D eigenvalue weighted by Crippen LogP contribution is 2.35. The van der Waals surface area contributed by atoms with Gasteiger partial charge in [-0.1, -0.05) is 6.07 Å². The monoisotopic (exact) mass is 455 g/mol. The lowest BCUT2D eigenvalue weighted by Crippen LogP contribution is -2.24. The summed E-state index contributed by atoms with van der Waals surface area (Å²) in [6, 6.07) is 8.72. The van der Waals surface area contributed by atoms with Crippen molar-refractivity contribution in [2.24, 2.45) is 0 Å². The molecule has 0 aliphatic heterocycles. The average Bonchev–Trinajstić information content (AvgIpc) is 3.45. The molecule has 0 aliphatic rings. The third-order valence-corrected chi connectivity index (χ3v) is 5.17. The number of carbonyl (C=O) groups excluding carboxylic acids is 1. The molecule has 0 fully saturated rings. The predicted octanol–water partition coefficient (Wildman–Crippen LogP) is 4.27. The van der Waals surface area contributed by atoms with Crippen molar-refractivity contribution >= 4 is 16.9 Å². The maximum Gasteiger partial charge on any atom is 0.387 e. The lowest BCUT2D eigenvalue weighted by molar-refractivity contribution is -0.0502. The van der Waals surface area contributed by atoms with Gasteiger partial charge in [0.1, 0.15) is 23.4 Å². The Morgan fingerprint density at radius 3 is 2.61 bits per heavy atom. The van der Waals surface area contributed by atoms with Gasteiger partial charge in [0.15, 0.2) is 0 Å². The van der Waals surface area contributed by atoms with E-state index < -0.39 is 12.5 Å². The Morgan fingerprint density at radius 2 is 1.94 bits per heavy atom. The van der Waals surface area contributed by atoms with Crippen LogP contribution in [0.5, 0.6) is 11.5 Å². The number of aryl methyl sites for hydroxylation is 1. The van der Waals surface area contributed by atoms with Gasteiger partial charge in [0, 0.05) is 37.0 Å². The van der Waals surface area contributed by atoms with Gasteiger partial charge >= 0.3 is 6.61 Å². The first kappa shape index (κ1) is 22.3. The largest absolute Gasteiger partial charge is 0.496 e.